The van der Waals surface area contributed by atoms with Crippen LogP contribution in [0.25, 0.3) is 0 Å². The molecule has 2 aliphatic carbocycles. The van der Waals surface area contributed by atoms with Gasteiger partial charge in [0.25, 0.3) is 5.91 Å². The number of amides is 1. The van der Waals surface area contributed by atoms with E-state index >= 15 is 0 Å². The van der Waals surface area contributed by atoms with E-state index in [1.165, 1.54) is 36.4 Å². The van der Waals surface area contributed by atoms with Crippen LogP contribution >= 0.6 is 0 Å². The average molecular weight is 505 g/mol. The molecule has 0 aromatic heterocycles. The van der Waals surface area contributed by atoms with Gasteiger partial charge in [-0.25, -0.2) is 4.39 Å². The summed E-state index contributed by atoms with van der Waals surface area (Å²) in [6.45, 7) is 0. The second-order valence-electron chi connectivity index (χ2n) is 8.67. The van der Waals surface area contributed by atoms with Crippen LogP contribution in [0.4, 0.5) is 22.0 Å². The predicted molar refractivity (Wildman–Crippen MR) is 123 cm³/mol. The van der Waals surface area contributed by atoms with Crippen molar-refractivity contribution in [2.75, 3.05) is 0 Å². The Morgan fingerprint density at radius 1 is 1.11 bits per heavy atom. The number of allylic oxidation sites excluding steroid dienone is 4. The highest BCUT2D eigenvalue weighted by molar-refractivity contribution is 5.99. The van der Waals surface area contributed by atoms with Crippen LogP contribution in [0, 0.1) is 5.82 Å². The fourth-order valence-corrected chi connectivity index (χ4v) is 4.32. The lowest BCUT2D eigenvalue weighted by Gasteiger charge is -2.26. The maximum atomic E-state index is 13.4. The van der Waals surface area contributed by atoms with Crippen LogP contribution in [-0.2, 0) is 11.2 Å². The minimum Gasteiger partial charge on any atom is -0.428 e. The molecule has 0 aliphatic heterocycles. The largest absolute Gasteiger partial charge is 0.461 e. The van der Waals surface area contributed by atoms with Crippen LogP contribution in [-0.4, -0.2) is 29.6 Å². The minimum atomic E-state index is -4.67. The van der Waals surface area contributed by atoms with Gasteiger partial charge in [0.15, 0.2) is 0 Å². The van der Waals surface area contributed by atoms with E-state index in [0.717, 1.165) is 42.5 Å². The van der Waals surface area contributed by atoms with Gasteiger partial charge in [0.1, 0.15) is 11.6 Å². The molecule has 9 heteroatoms. The van der Waals surface area contributed by atoms with Gasteiger partial charge < -0.3 is 15.2 Å². The summed E-state index contributed by atoms with van der Waals surface area (Å²) in [5, 5.41) is 13.9. The highest BCUT2D eigenvalue weighted by Crippen LogP contribution is 2.34. The molecule has 2 aromatic rings. The number of halogens is 5. The fourth-order valence-electron chi connectivity index (χ4n) is 4.32. The third-order valence-electron chi connectivity index (χ3n) is 6.11. The molecule has 0 bridgehead atoms. The molecule has 4 rings (SSSR count). The fraction of sp³-hybridized carbons (Fsp3) is 0.296. The van der Waals surface area contributed by atoms with E-state index in [4.69, 9.17) is 0 Å². The zero-order valence-electron chi connectivity index (χ0n) is 19.1. The molecule has 1 amide bonds. The lowest BCUT2D eigenvalue weighted by Crippen LogP contribution is -2.41. The van der Waals surface area contributed by atoms with Crippen molar-refractivity contribution in [3.63, 3.8) is 0 Å². The van der Waals surface area contributed by atoms with Gasteiger partial charge in [-0.05, 0) is 78.3 Å². The molecule has 0 spiro atoms. The number of aliphatic hydroxyl groups excluding tert-OH is 1. The number of ether oxygens (including phenoxy) is 1. The number of hydrogen-bond acceptors (Lipinski definition) is 3. The number of nitrogens with one attached hydrogen (secondary N) is 1. The summed E-state index contributed by atoms with van der Waals surface area (Å²) in [5.41, 5.74) is 3.06. The Balaban J connectivity index is 1.59. The zero-order chi connectivity index (χ0) is 25.9. The van der Waals surface area contributed by atoms with Gasteiger partial charge in [-0.1, -0.05) is 36.4 Å². The quantitative estimate of drug-likeness (QED) is 0.424. The molecular formula is C27H24F5NO3. The summed E-state index contributed by atoms with van der Waals surface area (Å²) < 4.78 is 69.4. The molecule has 4 nitrogen and oxygen atoms in total. The first kappa shape index (κ1) is 25.6. The molecule has 0 saturated heterocycles. The number of rotatable bonds is 9. The van der Waals surface area contributed by atoms with Crippen molar-refractivity contribution in [2.45, 2.75) is 50.4 Å². The van der Waals surface area contributed by atoms with E-state index in [0.29, 0.717) is 16.7 Å². The highest BCUT2D eigenvalue weighted by atomic mass is 19.3. The molecule has 0 fully saturated rings. The Hall–Kier alpha value is -3.46. The van der Waals surface area contributed by atoms with Crippen LogP contribution < -0.4 is 10.1 Å². The third kappa shape index (κ3) is 5.84. The first-order valence-corrected chi connectivity index (χ1v) is 11.4. The molecule has 2 aromatic carbocycles. The molecule has 2 atom stereocenters. The van der Waals surface area contributed by atoms with Gasteiger partial charge in [0, 0.05) is 5.57 Å². The van der Waals surface area contributed by atoms with Gasteiger partial charge >= 0.3 is 12.5 Å². The zero-order valence-corrected chi connectivity index (χ0v) is 19.1. The molecule has 0 saturated carbocycles. The number of benzene rings is 2. The first-order chi connectivity index (χ1) is 17.1. The Labute approximate surface area is 204 Å². The smallest absolute Gasteiger partial charge is 0.428 e. The summed E-state index contributed by atoms with van der Waals surface area (Å²) in [5.74, 6) is -1.41. The Bertz CT molecular complexity index is 1200. The molecule has 0 unspecified atom stereocenters. The molecule has 2 N–H and O–H groups in total. The summed E-state index contributed by atoms with van der Waals surface area (Å²) in [6, 6.07) is 9.27. The van der Waals surface area contributed by atoms with E-state index in [1.807, 2.05) is 6.08 Å². The number of alkyl halides is 4. The topological polar surface area (TPSA) is 58.6 Å². The van der Waals surface area contributed by atoms with Crippen LogP contribution in [0.3, 0.4) is 0 Å². The molecule has 36 heavy (non-hydrogen) atoms. The summed E-state index contributed by atoms with van der Waals surface area (Å²) in [7, 11) is 0. The second-order valence-corrected chi connectivity index (χ2v) is 8.67. The standard InChI is InChI=1S/C27H24F5NO3/c28-19-11-8-18(9-12-19)24(34)23(33-25(35)22-13-10-17-5-1-2-7-21(17)22)15-16-4-3-6-20(14-16)36-27(31,32)26(29)30/h3-6,8-14,23-24,26,34H,1-2,7,15H2,(H,33,35)/t23-,24+/m1/s1. The number of fused-ring (bicyclic) bond motifs is 1. The molecule has 190 valence electrons. The maximum Gasteiger partial charge on any atom is 0.461 e. The van der Waals surface area contributed by atoms with Crippen LogP contribution in [0.15, 0.2) is 83.5 Å². The molecule has 0 heterocycles. The lowest BCUT2D eigenvalue weighted by molar-refractivity contribution is -0.253. The van der Waals surface area contributed by atoms with E-state index in [2.05, 4.69) is 16.1 Å². The van der Waals surface area contributed by atoms with Crippen molar-refractivity contribution in [1.29, 1.82) is 0 Å². The Kier molecular flexibility index (Phi) is 7.59. The minimum absolute atomic E-state index is 0.0449. The van der Waals surface area contributed by atoms with E-state index < -0.39 is 42.2 Å². The van der Waals surface area contributed by atoms with E-state index in [-0.39, 0.29) is 6.42 Å². The summed E-state index contributed by atoms with van der Waals surface area (Å²) in [4.78, 5) is 13.2. The average Bonchev–Trinajstić information content (AvgIpc) is 3.28. The van der Waals surface area contributed by atoms with E-state index in [1.54, 1.807) is 6.08 Å². The highest BCUT2D eigenvalue weighted by Gasteiger charge is 2.44. The SMILES string of the molecule is O=C(N[C@H](Cc1cccc(OC(F)(F)C(F)F)c1)[C@@H](O)c1ccc(F)cc1)C1=C2CCCC=C2C=C1. The summed E-state index contributed by atoms with van der Waals surface area (Å²) >= 11 is 0. The lowest BCUT2D eigenvalue weighted by atomic mass is 9.93. The molecule has 2 aliphatic rings. The van der Waals surface area contributed by atoms with E-state index in [9.17, 15) is 31.9 Å². The van der Waals surface area contributed by atoms with Gasteiger partial charge in [0.05, 0.1) is 12.1 Å². The number of hydrogen-bond donors (Lipinski definition) is 2. The van der Waals surface area contributed by atoms with Crippen molar-refractivity contribution in [3.8, 4) is 5.75 Å². The van der Waals surface area contributed by atoms with Crippen LogP contribution in [0.5, 0.6) is 5.75 Å². The predicted octanol–water partition coefficient (Wildman–Crippen LogP) is 5.80. The molecule has 0 radical (unpaired) electrons. The van der Waals surface area contributed by atoms with Crippen LogP contribution in [0.2, 0.25) is 0 Å². The van der Waals surface area contributed by atoms with Crippen molar-refractivity contribution in [1.82, 2.24) is 5.32 Å². The first-order valence-electron chi connectivity index (χ1n) is 11.4. The Morgan fingerprint density at radius 3 is 2.58 bits per heavy atom. The summed E-state index contributed by atoms with van der Waals surface area (Å²) in [6.07, 6.45) is -1.80. The number of carbonyl (C=O) groups is 1. The van der Waals surface area contributed by atoms with Crippen molar-refractivity contribution in [3.05, 3.63) is 100 Å². The van der Waals surface area contributed by atoms with Crippen molar-refractivity contribution < 1.29 is 36.6 Å². The monoisotopic (exact) mass is 505 g/mol. The number of carbonyl (C=O) groups excluding carboxylic acids is 1. The van der Waals surface area contributed by atoms with Gasteiger partial charge in [0.2, 0.25) is 0 Å². The normalized spacial score (nSPS) is 17.0. The van der Waals surface area contributed by atoms with Gasteiger partial charge in [-0.3, -0.25) is 4.79 Å². The van der Waals surface area contributed by atoms with Crippen LogP contribution in [0.1, 0.15) is 36.5 Å². The molecular weight excluding hydrogens is 481 g/mol. The van der Waals surface area contributed by atoms with Crippen molar-refractivity contribution in [2.24, 2.45) is 0 Å². The van der Waals surface area contributed by atoms with Gasteiger partial charge in [-0.2, -0.15) is 17.6 Å². The number of aliphatic hydroxyl groups is 1. The third-order valence-corrected chi connectivity index (χ3v) is 6.11. The van der Waals surface area contributed by atoms with Gasteiger partial charge in [-0.15, -0.1) is 0 Å². The van der Waals surface area contributed by atoms with Crippen molar-refractivity contribution >= 4 is 5.91 Å². The second kappa shape index (κ2) is 10.7. The Morgan fingerprint density at radius 2 is 1.86 bits per heavy atom. The maximum absolute atomic E-state index is 13.4.